The van der Waals surface area contributed by atoms with Gasteiger partial charge in [0.05, 0.1) is 25.8 Å². The van der Waals surface area contributed by atoms with E-state index in [9.17, 15) is 9.59 Å². The van der Waals surface area contributed by atoms with E-state index in [1.165, 1.54) is 25.3 Å². The maximum Gasteiger partial charge on any atom is 0.434 e. The Labute approximate surface area is 130 Å². The molecule has 0 aliphatic carbocycles. The van der Waals surface area contributed by atoms with Crippen molar-refractivity contribution in [3.63, 3.8) is 0 Å². The van der Waals surface area contributed by atoms with Gasteiger partial charge < -0.3 is 9.47 Å². The third kappa shape index (κ3) is 8.07. The monoisotopic (exact) mass is 310 g/mol. The Hall–Kier alpha value is -2.33. The Balaban J connectivity index is 4.91. The molecule has 0 aromatic heterocycles. The van der Waals surface area contributed by atoms with Crippen LogP contribution in [0.15, 0.2) is 24.8 Å². The molecule has 0 rings (SSSR count). The minimum absolute atomic E-state index is 0.0468. The summed E-state index contributed by atoms with van der Waals surface area (Å²) in [7, 11) is 1.32. The standard InChI is InChI=1S/C15H22N2O5/c1-4-12-22-15(19)17(20-3)13(8-6-7-11-16)9-10-14(18)21-5-2/h4,9-10,13H,1,5-8,12H2,2-3H3/b10-9+/t13-/m0/s1. The van der Waals surface area contributed by atoms with Crippen molar-refractivity contribution in [1.82, 2.24) is 5.06 Å². The summed E-state index contributed by atoms with van der Waals surface area (Å²) in [6, 6.07) is 1.48. The van der Waals surface area contributed by atoms with Gasteiger partial charge >= 0.3 is 12.1 Å². The SMILES string of the molecule is C=CCOC(=O)N(OC)[C@H](/C=C/C(=O)OCC)CCCC#N. The molecular weight excluding hydrogens is 288 g/mol. The number of esters is 1. The van der Waals surface area contributed by atoms with Crippen LogP contribution in [-0.2, 0) is 19.1 Å². The molecule has 0 heterocycles. The molecule has 122 valence electrons. The van der Waals surface area contributed by atoms with Crippen LogP contribution in [0.25, 0.3) is 0 Å². The molecule has 0 N–H and O–H groups in total. The zero-order chi connectivity index (χ0) is 16.8. The van der Waals surface area contributed by atoms with Crippen LogP contribution in [0.2, 0.25) is 0 Å². The topological polar surface area (TPSA) is 88.9 Å². The summed E-state index contributed by atoms with van der Waals surface area (Å²) in [6.07, 6.45) is 4.79. The first-order valence-electron chi connectivity index (χ1n) is 6.93. The smallest absolute Gasteiger partial charge is 0.434 e. The second kappa shape index (κ2) is 12.4. The van der Waals surface area contributed by atoms with E-state index in [-0.39, 0.29) is 13.2 Å². The number of nitriles is 1. The van der Waals surface area contributed by atoms with E-state index in [1.54, 1.807) is 6.92 Å². The third-order valence-electron chi connectivity index (χ3n) is 2.53. The Morgan fingerprint density at radius 3 is 2.68 bits per heavy atom. The summed E-state index contributed by atoms with van der Waals surface area (Å²) in [4.78, 5) is 28.3. The van der Waals surface area contributed by atoms with Crippen molar-refractivity contribution in [3.05, 3.63) is 24.8 Å². The quantitative estimate of drug-likeness (QED) is 0.202. The minimum atomic E-state index is -0.696. The molecule has 0 radical (unpaired) electrons. The molecule has 0 spiro atoms. The minimum Gasteiger partial charge on any atom is -0.463 e. The summed E-state index contributed by atoms with van der Waals surface area (Å²) in [5, 5.41) is 9.61. The summed E-state index contributed by atoms with van der Waals surface area (Å²) >= 11 is 0. The number of carbonyl (C=O) groups excluding carboxylic acids is 2. The Morgan fingerprint density at radius 2 is 2.14 bits per heavy atom. The molecule has 0 aromatic carbocycles. The highest BCUT2D eigenvalue weighted by molar-refractivity contribution is 5.82. The number of amides is 1. The van der Waals surface area contributed by atoms with Gasteiger partial charge in [-0.3, -0.25) is 4.84 Å². The number of hydrogen-bond donors (Lipinski definition) is 0. The second-order valence-electron chi connectivity index (χ2n) is 4.10. The normalized spacial score (nSPS) is 11.5. The maximum atomic E-state index is 11.9. The largest absolute Gasteiger partial charge is 0.463 e. The summed E-state index contributed by atoms with van der Waals surface area (Å²) in [6.45, 7) is 5.46. The highest BCUT2D eigenvalue weighted by Gasteiger charge is 2.23. The molecule has 7 nitrogen and oxygen atoms in total. The highest BCUT2D eigenvalue weighted by atomic mass is 16.7. The number of hydroxylamine groups is 2. The molecule has 0 unspecified atom stereocenters. The lowest BCUT2D eigenvalue weighted by Gasteiger charge is -2.26. The van der Waals surface area contributed by atoms with Gasteiger partial charge in [0.15, 0.2) is 0 Å². The average molecular weight is 310 g/mol. The number of rotatable bonds is 10. The van der Waals surface area contributed by atoms with E-state index in [0.717, 1.165) is 5.06 Å². The molecule has 0 fully saturated rings. The van der Waals surface area contributed by atoms with Gasteiger partial charge in [0.2, 0.25) is 0 Å². The fourth-order valence-electron chi connectivity index (χ4n) is 1.60. The van der Waals surface area contributed by atoms with Gasteiger partial charge in [-0.25, -0.2) is 9.59 Å². The third-order valence-corrected chi connectivity index (χ3v) is 2.53. The van der Waals surface area contributed by atoms with Crippen LogP contribution in [0, 0.1) is 11.3 Å². The number of hydrogen-bond acceptors (Lipinski definition) is 6. The first-order chi connectivity index (χ1) is 10.6. The van der Waals surface area contributed by atoms with E-state index in [1.807, 2.05) is 6.07 Å². The predicted molar refractivity (Wildman–Crippen MR) is 79.4 cm³/mol. The van der Waals surface area contributed by atoms with Gasteiger partial charge in [0, 0.05) is 12.5 Å². The van der Waals surface area contributed by atoms with Crippen molar-refractivity contribution in [1.29, 1.82) is 5.26 Å². The molecule has 1 amide bonds. The molecule has 22 heavy (non-hydrogen) atoms. The van der Waals surface area contributed by atoms with Crippen LogP contribution in [0.1, 0.15) is 26.2 Å². The average Bonchev–Trinajstić information content (AvgIpc) is 2.51. The van der Waals surface area contributed by atoms with Crippen LogP contribution < -0.4 is 0 Å². The molecular formula is C15H22N2O5. The van der Waals surface area contributed by atoms with Crippen LogP contribution in [-0.4, -0.2) is 43.5 Å². The molecule has 0 bridgehead atoms. The van der Waals surface area contributed by atoms with Gasteiger partial charge in [-0.05, 0) is 19.8 Å². The predicted octanol–water partition coefficient (Wildman–Crippen LogP) is 2.35. The van der Waals surface area contributed by atoms with Gasteiger partial charge in [0.1, 0.15) is 6.61 Å². The Morgan fingerprint density at radius 1 is 1.41 bits per heavy atom. The number of nitrogens with zero attached hydrogens (tertiary/aromatic N) is 2. The van der Waals surface area contributed by atoms with Crippen molar-refractivity contribution in [2.24, 2.45) is 0 Å². The molecule has 1 atom stereocenters. The Kier molecular flexibility index (Phi) is 11.1. The van der Waals surface area contributed by atoms with Crippen molar-refractivity contribution in [3.8, 4) is 6.07 Å². The van der Waals surface area contributed by atoms with Gasteiger partial charge in [-0.2, -0.15) is 10.3 Å². The van der Waals surface area contributed by atoms with Gasteiger partial charge in [-0.1, -0.05) is 18.7 Å². The van der Waals surface area contributed by atoms with Crippen LogP contribution >= 0.6 is 0 Å². The van der Waals surface area contributed by atoms with E-state index in [2.05, 4.69) is 6.58 Å². The van der Waals surface area contributed by atoms with Crippen molar-refractivity contribution < 1.29 is 23.9 Å². The van der Waals surface area contributed by atoms with Gasteiger partial charge in [-0.15, -0.1) is 0 Å². The molecule has 7 heteroatoms. The number of ether oxygens (including phenoxy) is 2. The lowest BCUT2D eigenvalue weighted by Crippen LogP contribution is -2.39. The summed E-state index contributed by atoms with van der Waals surface area (Å²) in [5.41, 5.74) is 0. The summed E-state index contributed by atoms with van der Waals surface area (Å²) in [5.74, 6) is -0.511. The second-order valence-corrected chi connectivity index (χ2v) is 4.10. The van der Waals surface area contributed by atoms with E-state index >= 15 is 0 Å². The fourth-order valence-corrected chi connectivity index (χ4v) is 1.60. The number of unbranched alkanes of at least 4 members (excludes halogenated alkanes) is 1. The first-order valence-corrected chi connectivity index (χ1v) is 6.93. The van der Waals surface area contributed by atoms with Crippen molar-refractivity contribution in [2.75, 3.05) is 20.3 Å². The first kappa shape index (κ1) is 19.7. The molecule has 0 aliphatic rings. The van der Waals surface area contributed by atoms with E-state index in [4.69, 9.17) is 19.6 Å². The van der Waals surface area contributed by atoms with E-state index < -0.39 is 18.1 Å². The zero-order valence-corrected chi connectivity index (χ0v) is 13.0. The van der Waals surface area contributed by atoms with E-state index in [0.29, 0.717) is 19.3 Å². The molecule has 0 aromatic rings. The van der Waals surface area contributed by atoms with Crippen molar-refractivity contribution in [2.45, 2.75) is 32.2 Å². The fraction of sp³-hybridized carbons (Fsp3) is 0.533. The molecule has 0 saturated heterocycles. The van der Waals surface area contributed by atoms with Crippen LogP contribution in [0.4, 0.5) is 4.79 Å². The maximum absolute atomic E-state index is 11.9. The molecule has 0 aliphatic heterocycles. The van der Waals surface area contributed by atoms with Crippen LogP contribution in [0.3, 0.4) is 0 Å². The van der Waals surface area contributed by atoms with Crippen LogP contribution in [0.5, 0.6) is 0 Å². The lowest BCUT2D eigenvalue weighted by molar-refractivity contribution is -0.138. The summed E-state index contributed by atoms with van der Waals surface area (Å²) < 4.78 is 9.70. The van der Waals surface area contributed by atoms with Gasteiger partial charge in [0.25, 0.3) is 0 Å². The zero-order valence-electron chi connectivity index (χ0n) is 13.0. The van der Waals surface area contributed by atoms with Crippen molar-refractivity contribution >= 4 is 12.1 Å². The Bertz CT molecular complexity index is 428. The number of carbonyl (C=O) groups is 2. The highest BCUT2D eigenvalue weighted by Crippen LogP contribution is 2.13. The lowest BCUT2D eigenvalue weighted by atomic mass is 10.1. The molecule has 0 saturated carbocycles.